The molecule has 1 unspecified atom stereocenters. The molecule has 0 aliphatic carbocycles. The van der Waals surface area contributed by atoms with Crippen LogP contribution in [0.15, 0.2) is 24.3 Å². The molecule has 0 fully saturated rings. The molecule has 0 radical (unpaired) electrons. The Bertz CT molecular complexity index is 428. The Kier molecular flexibility index (Phi) is 5.94. The van der Waals surface area contributed by atoms with Crippen molar-refractivity contribution in [2.45, 2.75) is 53.5 Å². The van der Waals surface area contributed by atoms with Gasteiger partial charge in [0.1, 0.15) is 0 Å². The molecule has 0 aliphatic heterocycles. The Balaban J connectivity index is 2.66. The van der Waals surface area contributed by atoms with Crippen molar-refractivity contribution < 1.29 is 4.79 Å². The molecule has 112 valence electrons. The van der Waals surface area contributed by atoms with Crippen molar-refractivity contribution in [3.8, 4) is 0 Å². The summed E-state index contributed by atoms with van der Waals surface area (Å²) in [6, 6.07) is 8.44. The van der Waals surface area contributed by atoms with Crippen molar-refractivity contribution in [1.82, 2.24) is 4.90 Å². The number of hydrogen-bond acceptors (Lipinski definition) is 2. The van der Waals surface area contributed by atoms with Gasteiger partial charge < -0.3 is 0 Å². The maximum Gasteiger partial charge on any atom is 0.176 e. The molecule has 2 nitrogen and oxygen atoms in total. The third-order valence-corrected chi connectivity index (χ3v) is 4.12. The zero-order valence-electron chi connectivity index (χ0n) is 13.9. The number of likely N-dealkylation sites (N-methyl/N-ethyl adjacent to an activating group) is 1. The fourth-order valence-corrected chi connectivity index (χ4v) is 2.26. The molecule has 0 bridgehead atoms. The second-order valence-corrected chi connectivity index (χ2v) is 6.83. The molecule has 0 aromatic heterocycles. The van der Waals surface area contributed by atoms with E-state index in [0.29, 0.717) is 12.6 Å². The van der Waals surface area contributed by atoms with E-state index in [1.54, 1.807) is 0 Å². The molecule has 20 heavy (non-hydrogen) atoms. The standard InChI is InChI=1S/C18H29NO/c1-7-8-15-9-11-16(12-10-15)17(20)13-19(6)14(2)18(3,4)5/h9-12,14H,7-8,13H2,1-6H3. The van der Waals surface area contributed by atoms with E-state index >= 15 is 0 Å². The SMILES string of the molecule is CCCc1ccc(C(=O)CN(C)C(C)C(C)(C)C)cc1. The quantitative estimate of drug-likeness (QED) is 0.726. The average molecular weight is 275 g/mol. The van der Waals surface area contributed by atoms with Crippen LogP contribution < -0.4 is 0 Å². The van der Waals surface area contributed by atoms with Crippen LogP contribution in [0.1, 0.15) is 57.0 Å². The summed E-state index contributed by atoms with van der Waals surface area (Å²) >= 11 is 0. The molecular formula is C18H29NO. The predicted molar refractivity (Wildman–Crippen MR) is 86.3 cm³/mol. The zero-order chi connectivity index (χ0) is 15.3. The van der Waals surface area contributed by atoms with Gasteiger partial charge in [-0.05, 0) is 31.4 Å². The average Bonchev–Trinajstić information content (AvgIpc) is 2.37. The lowest BCUT2D eigenvalue weighted by atomic mass is 9.87. The molecule has 0 saturated carbocycles. The van der Waals surface area contributed by atoms with Gasteiger partial charge in [-0.3, -0.25) is 9.69 Å². The van der Waals surface area contributed by atoms with E-state index in [4.69, 9.17) is 0 Å². The van der Waals surface area contributed by atoms with Gasteiger partial charge in [0.2, 0.25) is 0 Å². The van der Waals surface area contributed by atoms with E-state index in [0.717, 1.165) is 18.4 Å². The number of carbonyl (C=O) groups excluding carboxylic acids is 1. The lowest BCUT2D eigenvalue weighted by Crippen LogP contribution is -2.41. The van der Waals surface area contributed by atoms with Crippen LogP contribution in [0.25, 0.3) is 0 Å². The summed E-state index contributed by atoms with van der Waals surface area (Å²) in [7, 11) is 2.03. The molecule has 0 spiro atoms. The molecule has 2 heteroatoms. The third-order valence-electron chi connectivity index (χ3n) is 4.12. The Hall–Kier alpha value is -1.15. The van der Waals surface area contributed by atoms with Gasteiger partial charge >= 0.3 is 0 Å². The molecule has 0 amide bonds. The zero-order valence-corrected chi connectivity index (χ0v) is 13.9. The van der Waals surface area contributed by atoms with Crippen molar-refractivity contribution in [3.63, 3.8) is 0 Å². The summed E-state index contributed by atoms with van der Waals surface area (Å²) in [5.74, 6) is 0.201. The summed E-state index contributed by atoms with van der Waals surface area (Å²) < 4.78 is 0. The molecule has 0 aliphatic rings. The maximum absolute atomic E-state index is 12.3. The van der Waals surface area contributed by atoms with Crippen LogP contribution in [-0.2, 0) is 6.42 Å². The molecule has 0 saturated heterocycles. The van der Waals surface area contributed by atoms with Crippen LogP contribution in [0.2, 0.25) is 0 Å². The highest BCUT2D eigenvalue weighted by molar-refractivity contribution is 5.97. The molecule has 1 aromatic rings. The van der Waals surface area contributed by atoms with Crippen molar-refractivity contribution in [2.75, 3.05) is 13.6 Å². The highest BCUT2D eigenvalue weighted by Gasteiger charge is 2.25. The minimum absolute atomic E-state index is 0.181. The Morgan fingerprint density at radius 3 is 2.20 bits per heavy atom. The van der Waals surface area contributed by atoms with Crippen LogP contribution >= 0.6 is 0 Å². The van der Waals surface area contributed by atoms with Crippen molar-refractivity contribution in [3.05, 3.63) is 35.4 Å². The van der Waals surface area contributed by atoms with Crippen LogP contribution in [0, 0.1) is 5.41 Å². The Morgan fingerprint density at radius 2 is 1.75 bits per heavy atom. The fourth-order valence-electron chi connectivity index (χ4n) is 2.26. The second kappa shape index (κ2) is 7.03. The van der Waals surface area contributed by atoms with E-state index in [9.17, 15) is 4.79 Å². The first-order valence-electron chi connectivity index (χ1n) is 7.58. The van der Waals surface area contributed by atoms with Crippen molar-refractivity contribution >= 4 is 5.78 Å². The molecule has 1 rings (SSSR count). The summed E-state index contributed by atoms with van der Waals surface area (Å²) in [5, 5.41) is 0. The monoisotopic (exact) mass is 275 g/mol. The van der Waals surface area contributed by atoms with Gasteiger partial charge in [0.05, 0.1) is 6.54 Å². The van der Waals surface area contributed by atoms with Gasteiger partial charge in [-0.15, -0.1) is 0 Å². The smallest absolute Gasteiger partial charge is 0.176 e. The van der Waals surface area contributed by atoms with Crippen LogP contribution in [0.3, 0.4) is 0 Å². The first-order chi connectivity index (χ1) is 9.25. The summed E-state index contributed by atoms with van der Waals surface area (Å²) in [6.45, 7) is 11.4. The van der Waals surface area contributed by atoms with Crippen LogP contribution in [-0.4, -0.2) is 30.3 Å². The third kappa shape index (κ3) is 4.75. The largest absolute Gasteiger partial charge is 0.296 e. The number of ketones is 1. The minimum Gasteiger partial charge on any atom is -0.296 e. The Morgan fingerprint density at radius 1 is 1.20 bits per heavy atom. The number of aryl methyl sites for hydroxylation is 1. The number of nitrogens with zero attached hydrogens (tertiary/aromatic N) is 1. The summed E-state index contributed by atoms with van der Waals surface area (Å²) in [5.41, 5.74) is 2.30. The van der Waals surface area contributed by atoms with Gasteiger partial charge in [0, 0.05) is 11.6 Å². The highest BCUT2D eigenvalue weighted by Crippen LogP contribution is 2.23. The number of Topliss-reactive ketones (excluding diaryl/α,β-unsaturated/α-hetero) is 1. The van der Waals surface area contributed by atoms with E-state index in [2.05, 4.69) is 51.7 Å². The lowest BCUT2D eigenvalue weighted by molar-refractivity contribution is 0.0853. The van der Waals surface area contributed by atoms with Crippen LogP contribution in [0.5, 0.6) is 0 Å². The summed E-state index contributed by atoms with van der Waals surface area (Å²) in [6.07, 6.45) is 2.22. The first-order valence-corrected chi connectivity index (χ1v) is 7.58. The van der Waals surface area contributed by atoms with Gasteiger partial charge in [0.15, 0.2) is 5.78 Å². The molecular weight excluding hydrogens is 246 g/mol. The van der Waals surface area contributed by atoms with E-state index in [1.807, 2.05) is 19.2 Å². The summed E-state index contributed by atoms with van der Waals surface area (Å²) in [4.78, 5) is 14.5. The predicted octanol–water partition coefficient (Wildman–Crippen LogP) is 4.19. The normalized spacial score (nSPS) is 13.6. The first kappa shape index (κ1) is 16.9. The number of hydrogen-bond donors (Lipinski definition) is 0. The molecule has 0 heterocycles. The molecule has 0 N–H and O–H groups in total. The van der Waals surface area contributed by atoms with Gasteiger partial charge in [0.25, 0.3) is 0 Å². The number of benzene rings is 1. The van der Waals surface area contributed by atoms with Crippen molar-refractivity contribution in [1.29, 1.82) is 0 Å². The van der Waals surface area contributed by atoms with Gasteiger partial charge in [-0.2, -0.15) is 0 Å². The number of carbonyl (C=O) groups is 1. The Labute approximate surface area is 124 Å². The maximum atomic E-state index is 12.3. The van der Waals surface area contributed by atoms with Gasteiger partial charge in [-0.1, -0.05) is 58.4 Å². The van der Waals surface area contributed by atoms with E-state index in [1.165, 1.54) is 5.56 Å². The van der Waals surface area contributed by atoms with E-state index in [-0.39, 0.29) is 11.2 Å². The topological polar surface area (TPSA) is 20.3 Å². The highest BCUT2D eigenvalue weighted by atomic mass is 16.1. The van der Waals surface area contributed by atoms with Crippen LogP contribution in [0.4, 0.5) is 0 Å². The molecule has 1 aromatic carbocycles. The second-order valence-electron chi connectivity index (χ2n) is 6.83. The lowest BCUT2D eigenvalue weighted by Gasteiger charge is -2.34. The molecule has 1 atom stereocenters. The van der Waals surface area contributed by atoms with Crippen molar-refractivity contribution in [2.24, 2.45) is 5.41 Å². The van der Waals surface area contributed by atoms with E-state index < -0.39 is 0 Å². The van der Waals surface area contributed by atoms with Gasteiger partial charge in [-0.25, -0.2) is 0 Å². The minimum atomic E-state index is 0.181. The fraction of sp³-hybridized carbons (Fsp3) is 0.611. The number of rotatable bonds is 6.